The summed E-state index contributed by atoms with van der Waals surface area (Å²) in [5, 5.41) is 10.4. The lowest BCUT2D eigenvalue weighted by molar-refractivity contribution is -0.142. The molecule has 35 heavy (non-hydrogen) atoms. The summed E-state index contributed by atoms with van der Waals surface area (Å²) in [7, 11) is 0. The molecule has 3 heterocycles. The Hall–Kier alpha value is -4.20. The number of carboxylic acids is 1. The van der Waals surface area contributed by atoms with E-state index in [-0.39, 0.29) is 17.7 Å². The van der Waals surface area contributed by atoms with Crippen LogP contribution in [0, 0.1) is 11.7 Å². The van der Waals surface area contributed by atoms with E-state index in [1.807, 2.05) is 34.9 Å². The number of nitrogen functional groups attached to an aromatic ring is 1. The highest BCUT2D eigenvalue weighted by molar-refractivity contribution is 5.98. The molecular weight excluding hydrogens is 445 g/mol. The van der Waals surface area contributed by atoms with Crippen molar-refractivity contribution in [1.82, 2.24) is 19.4 Å². The van der Waals surface area contributed by atoms with E-state index in [0.717, 1.165) is 51.9 Å². The average Bonchev–Trinajstić information content (AvgIpc) is 3.47. The molecule has 6 rings (SSSR count). The number of H-pyrrole nitrogens is 1. The molecule has 8 heteroatoms. The molecule has 0 unspecified atom stereocenters. The topological polar surface area (TPSA) is 109 Å². The number of nitrogens with one attached hydrogen (secondary N) is 1. The normalized spacial score (nSPS) is 18.3. The highest BCUT2D eigenvalue weighted by Gasteiger charge is 2.30. The van der Waals surface area contributed by atoms with Crippen LogP contribution in [0.15, 0.2) is 60.9 Å². The molecule has 5 aromatic rings. The van der Waals surface area contributed by atoms with E-state index in [1.54, 1.807) is 18.3 Å². The maximum absolute atomic E-state index is 13.5. The van der Waals surface area contributed by atoms with Gasteiger partial charge in [0, 0.05) is 29.3 Å². The van der Waals surface area contributed by atoms with E-state index < -0.39 is 5.97 Å². The molecule has 7 nitrogen and oxygen atoms in total. The second kappa shape index (κ2) is 8.23. The number of hydrogen-bond donors (Lipinski definition) is 3. The Morgan fingerprint density at radius 2 is 1.89 bits per heavy atom. The van der Waals surface area contributed by atoms with Crippen LogP contribution in [0.3, 0.4) is 0 Å². The highest BCUT2D eigenvalue weighted by atomic mass is 19.1. The number of nitrogens with two attached hydrogens (primary N) is 1. The molecule has 0 amide bonds. The van der Waals surface area contributed by atoms with Crippen molar-refractivity contribution in [1.29, 1.82) is 0 Å². The van der Waals surface area contributed by atoms with Gasteiger partial charge in [-0.1, -0.05) is 30.3 Å². The van der Waals surface area contributed by atoms with Crippen molar-refractivity contribution in [2.45, 2.75) is 31.6 Å². The fraction of sp³-hybridized carbons (Fsp3) is 0.222. The molecule has 1 saturated carbocycles. The van der Waals surface area contributed by atoms with Crippen molar-refractivity contribution < 1.29 is 14.3 Å². The Kier molecular flexibility index (Phi) is 5.02. The summed E-state index contributed by atoms with van der Waals surface area (Å²) in [6.07, 6.45) is 6.33. The van der Waals surface area contributed by atoms with Crippen LogP contribution in [0.4, 0.5) is 10.2 Å². The van der Waals surface area contributed by atoms with Crippen LogP contribution >= 0.6 is 0 Å². The van der Waals surface area contributed by atoms with Crippen LogP contribution in [0.5, 0.6) is 0 Å². The van der Waals surface area contributed by atoms with Gasteiger partial charge in [-0.15, -0.1) is 0 Å². The Labute approximate surface area is 200 Å². The summed E-state index contributed by atoms with van der Waals surface area (Å²) in [6, 6.07) is 14.5. The summed E-state index contributed by atoms with van der Waals surface area (Å²) in [4.78, 5) is 24.3. The largest absolute Gasteiger partial charge is 0.481 e. The minimum Gasteiger partial charge on any atom is -0.481 e. The fourth-order valence-electron chi connectivity index (χ4n) is 5.32. The third-order valence-corrected chi connectivity index (χ3v) is 7.12. The summed E-state index contributed by atoms with van der Waals surface area (Å²) >= 11 is 0. The van der Waals surface area contributed by atoms with Gasteiger partial charge in [0.1, 0.15) is 28.7 Å². The van der Waals surface area contributed by atoms with Gasteiger partial charge in [0.25, 0.3) is 0 Å². The number of rotatable bonds is 4. The molecule has 1 aliphatic rings. The quantitative estimate of drug-likeness (QED) is 0.316. The lowest BCUT2D eigenvalue weighted by Gasteiger charge is -2.25. The maximum Gasteiger partial charge on any atom is 0.306 e. The Balaban J connectivity index is 1.47. The number of para-hydroxylation sites is 1. The zero-order valence-corrected chi connectivity index (χ0v) is 18.9. The van der Waals surface area contributed by atoms with Crippen molar-refractivity contribution in [3.63, 3.8) is 0 Å². The number of hydrogen-bond acceptors (Lipinski definition) is 4. The van der Waals surface area contributed by atoms with E-state index in [2.05, 4.69) is 9.97 Å². The number of benzene rings is 2. The number of aliphatic carboxylic acids is 1. The van der Waals surface area contributed by atoms with Gasteiger partial charge in [-0.05, 0) is 49.4 Å². The minimum atomic E-state index is -0.722. The van der Waals surface area contributed by atoms with Gasteiger partial charge in [0.15, 0.2) is 0 Å². The molecular formula is C27H24FN5O2. The smallest absolute Gasteiger partial charge is 0.306 e. The van der Waals surface area contributed by atoms with E-state index in [1.165, 1.54) is 12.1 Å². The van der Waals surface area contributed by atoms with Gasteiger partial charge in [0.05, 0.1) is 17.1 Å². The van der Waals surface area contributed by atoms with Crippen LogP contribution in [0.2, 0.25) is 0 Å². The third kappa shape index (κ3) is 3.62. The van der Waals surface area contributed by atoms with Crippen molar-refractivity contribution in [3.05, 3.63) is 72.6 Å². The molecule has 0 radical (unpaired) electrons. The van der Waals surface area contributed by atoms with Crippen LogP contribution in [-0.2, 0) is 4.79 Å². The van der Waals surface area contributed by atoms with E-state index in [9.17, 15) is 14.3 Å². The number of imidazole rings is 1. The number of aromatic amines is 1. The molecule has 4 N–H and O–H groups in total. The molecule has 0 aliphatic heterocycles. The Bertz CT molecular complexity index is 1560. The predicted molar refractivity (Wildman–Crippen MR) is 132 cm³/mol. The monoisotopic (exact) mass is 469 g/mol. The first-order chi connectivity index (χ1) is 17.0. The molecule has 1 aliphatic carbocycles. The zero-order valence-electron chi connectivity index (χ0n) is 18.9. The minimum absolute atomic E-state index is 0.146. The standard InChI is InChI=1S/C27H24FN5O2/c28-19-10-8-15(9-11-19)20-3-1-2-18-14-21(31-22(18)20)23-24-25(29)30-12-13-33(24)26(32-23)16-4-6-17(7-5-16)27(34)35/h1-3,8-14,16-17,31H,4-7H2,(H2,29,30)(H,34,35)/t16-,17-. The number of anilines is 1. The van der Waals surface area contributed by atoms with Gasteiger partial charge < -0.3 is 15.8 Å². The number of carbonyl (C=O) groups is 1. The molecule has 1 fully saturated rings. The summed E-state index contributed by atoms with van der Waals surface area (Å²) in [5.41, 5.74) is 11.4. The van der Waals surface area contributed by atoms with Gasteiger partial charge in [-0.25, -0.2) is 14.4 Å². The predicted octanol–water partition coefficient (Wildman–Crippen LogP) is 5.62. The van der Waals surface area contributed by atoms with Crippen LogP contribution in [0.1, 0.15) is 37.4 Å². The summed E-state index contributed by atoms with van der Waals surface area (Å²) < 4.78 is 15.5. The van der Waals surface area contributed by atoms with E-state index in [0.29, 0.717) is 24.4 Å². The first-order valence-corrected chi connectivity index (χ1v) is 11.7. The van der Waals surface area contributed by atoms with Gasteiger partial charge >= 0.3 is 5.97 Å². The van der Waals surface area contributed by atoms with E-state index >= 15 is 0 Å². The number of aromatic nitrogens is 4. The van der Waals surface area contributed by atoms with E-state index in [4.69, 9.17) is 10.7 Å². The number of nitrogens with zero attached hydrogens (tertiary/aromatic N) is 3. The van der Waals surface area contributed by atoms with Gasteiger partial charge in [-0.2, -0.15) is 0 Å². The second-order valence-corrected chi connectivity index (χ2v) is 9.20. The Morgan fingerprint density at radius 1 is 1.11 bits per heavy atom. The van der Waals surface area contributed by atoms with Gasteiger partial charge in [0.2, 0.25) is 0 Å². The SMILES string of the molecule is Nc1nccn2c1c(-c1cc3cccc(-c4ccc(F)cc4)c3[nH]1)nc2[C@H]1CC[C@H](C(=O)O)CC1. The Morgan fingerprint density at radius 3 is 2.63 bits per heavy atom. The lowest BCUT2D eigenvalue weighted by Crippen LogP contribution is -2.21. The number of halogens is 1. The molecule has 3 aromatic heterocycles. The van der Waals surface area contributed by atoms with Gasteiger partial charge in [-0.3, -0.25) is 9.20 Å². The number of fused-ring (bicyclic) bond motifs is 2. The first-order valence-electron chi connectivity index (χ1n) is 11.7. The highest BCUT2D eigenvalue weighted by Crippen LogP contribution is 2.39. The van der Waals surface area contributed by atoms with Crippen LogP contribution in [-0.4, -0.2) is 30.4 Å². The summed E-state index contributed by atoms with van der Waals surface area (Å²) in [5.74, 6) is 0.129. The maximum atomic E-state index is 13.5. The van der Waals surface area contributed by atoms with Crippen molar-refractivity contribution in [3.8, 4) is 22.5 Å². The number of carboxylic acid groups (broad SMARTS) is 1. The second-order valence-electron chi connectivity index (χ2n) is 9.20. The third-order valence-electron chi connectivity index (χ3n) is 7.12. The van der Waals surface area contributed by atoms with Crippen molar-refractivity contribution in [2.24, 2.45) is 5.92 Å². The van der Waals surface area contributed by atoms with Crippen molar-refractivity contribution in [2.75, 3.05) is 5.73 Å². The molecule has 0 saturated heterocycles. The van der Waals surface area contributed by atoms with Crippen molar-refractivity contribution >= 4 is 28.2 Å². The molecule has 0 atom stereocenters. The fourth-order valence-corrected chi connectivity index (χ4v) is 5.32. The molecule has 176 valence electrons. The average molecular weight is 470 g/mol. The van der Waals surface area contributed by atoms with Crippen LogP contribution in [0.25, 0.3) is 38.9 Å². The molecule has 2 aromatic carbocycles. The first kappa shape index (κ1) is 21.3. The summed E-state index contributed by atoms with van der Waals surface area (Å²) in [6.45, 7) is 0. The lowest BCUT2D eigenvalue weighted by atomic mass is 9.81. The van der Waals surface area contributed by atoms with Crippen LogP contribution < -0.4 is 5.73 Å². The molecule has 0 spiro atoms. The molecule has 0 bridgehead atoms. The zero-order chi connectivity index (χ0) is 24.1.